The molecule has 5 nitrogen and oxygen atoms in total. The van der Waals surface area contributed by atoms with Crippen LogP contribution in [0.2, 0.25) is 5.02 Å². The predicted molar refractivity (Wildman–Crippen MR) is 93.0 cm³/mol. The second-order valence-corrected chi connectivity index (χ2v) is 6.05. The van der Waals surface area contributed by atoms with E-state index >= 15 is 0 Å². The van der Waals surface area contributed by atoms with Crippen molar-refractivity contribution in [2.45, 2.75) is 19.4 Å². The normalized spacial score (nSPS) is 17.0. The number of aryl methyl sites for hydroxylation is 1. The quantitative estimate of drug-likeness (QED) is 0.881. The third-order valence-electron chi connectivity index (χ3n) is 3.72. The molecule has 2 aromatic carbocycles. The molecule has 2 amide bonds. The van der Waals surface area contributed by atoms with Crippen LogP contribution in [-0.2, 0) is 4.79 Å². The number of aliphatic imine (C=N–C) groups is 1. The van der Waals surface area contributed by atoms with Gasteiger partial charge < -0.3 is 0 Å². The summed E-state index contributed by atoms with van der Waals surface area (Å²) < 4.78 is 0. The smallest absolute Gasteiger partial charge is 0.257 e. The number of carbonyl (C=O) groups excluding carboxylic acids is 2. The minimum Gasteiger partial charge on any atom is -0.296 e. The lowest BCUT2D eigenvalue weighted by Crippen LogP contribution is -2.47. The highest BCUT2D eigenvalue weighted by atomic mass is 35.5. The first-order valence-electron chi connectivity index (χ1n) is 7.52. The van der Waals surface area contributed by atoms with E-state index < -0.39 is 0 Å². The maximum Gasteiger partial charge on any atom is 0.257 e. The van der Waals surface area contributed by atoms with Crippen LogP contribution in [0.15, 0.2) is 53.5 Å². The first-order chi connectivity index (χ1) is 11.5. The third-order valence-corrected chi connectivity index (χ3v) is 3.97. The van der Waals surface area contributed by atoms with E-state index in [0.717, 1.165) is 11.1 Å². The molecule has 1 aliphatic rings. The monoisotopic (exact) mass is 341 g/mol. The van der Waals surface area contributed by atoms with Gasteiger partial charge in [0.05, 0.1) is 12.5 Å². The maximum atomic E-state index is 12.2. The summed E-state index contributed by atoms with van der Waals surface area (Å²) in [5, 5.41) is 5.78. The van der Waals surface area contributed by atoms with Crippen LogP contribution in [0.1, 0.15) is 33.9 Å². The van der Waals surface area contributed by atoms with Crippen molar-refractivity contribution >= 4 is 29.4 Å². The van der Waals surface area contributed by atoms with E-state index in [9.17, 15) is 9.59 Å². The molecule has 0 spiro atoms. The van der Waals surface area contributed by atoms with Gasteiger partial charge in [-0.25, -0.2) is 4.99 Å². The zero-order valence-electron chi connectivity index (χ0n) is 13.0. The molecule has 0 radical (unpaired) electrons. The molecule has 1 atom stereocenters. The molecule has 0 bridgehead atoms. The Bertz CT molecular complexity index is 798. The predicted octanol–water partition coefficient (Wildman–Crippen LogP) is 3.00. The Morgan fingerprint density at radius 1 is 1.17 bits per heavy atom. The van der Waals surface area contributed by atoms with Gasteiger partial charge >= 0.3 is 0 Å². The molecule has 0 aliphatic carbocycles. The number of amides is 2. The lowest BCUT2D eigenvalue weighted by atomic mass is 10.0. The average molecular weight is 342 g/mol. The molecule has 0 fully saturated rings. The van der Waals surface area contributed by atoms with Crippen molar-refractivity contribution in [3.05, 3.63) is 70.2 Å². The van der Waals surface area contributed by atoms with Gasteiger partial charge in [-0.05, 0) is 36.8 Å². The summed E-state index contributed by atoms with van der Waals surface area (Å²) in [5.74, 6) is -0.367. The van der Waals surface area contributed by atoms with Crippen molar-refractivity contribution in [1.82, 2.24) is 10.6 Å². The Morgan fingerprint density at radius 2 is 1.83 bits per heavy atom. The molecule has 1 heterocycles. The molecular weight excluding hydrogens is 326 g/mol. The molecule has 122 valence electrons. The highest BCUT2D eigenvalue weighted by Gasteiger charge is 2.23. The second kappa shape index (κ2) is 6.84. The van der Waals surface area contributed by atoms with E-state index in [4.69, 9.17) is 11.6 Å². The van der Waals surface area contributed by atoms with E-state index in [1.54, 1.807) is 24.3 Å². The van der Waals surface area contributed by atoms with Crippen molar-refractivity contribution in [3.8, 4) is 0 Å². The maximum absolute atomic E-state index is 12.2. The lowest BCUT2D eigenvalue weighted by molar-refractivity contribution is -0.120. The Hall–Kier alpha value is -2.66. The van der Waals surface area contributed by atoms with E-state index in [2.05, 4.69) is 15.6 Å². The number of rotatable bonds is 2. The zero-order chi connectivity index (χ0) is 17.1. The fourth-order valence-electron chi connectivity index (χ4n) is 2.42. The molecule has 24 heavy (non-hydrogen) atoms. The van der Waals surface area contributed by atoms with Crippen molar-refractivity contribution < 1.29 is 9.59 Å². The van der Waals surface area contributed by atoms with Gasteiger partial charge in [-0.3, -0.25) is 20.2 Å². The molecule has 2 N–H and O–H groups in total. The Labute approximate surface area is 144 Å². The van der Waals surface area contributed by atoms with Gasteiger partial charge in [-0.15, -0.1) is 0 Å². The standard InChI is InChI=1S/C18H16ClN3O2/c1-11-2-4-12(5-3-11)15-10-16(23)21-18(20-15)22-17(24)13-6-8-14(19)9-7-13/h2-9,15H,10H2,1H3,(H2,20,21,22,23,24)/t15-/m0/s1. The topological polar surface area (TPSA) is 70.6 Å². The lowest BCUT2D eigenvalue weighted by Gasteiger charge is -2.21. The van der Waals surface area contributed by atoms with E-state index in [1.165, 1.54) is 0 Å². The molecule has 3 rings (SSSR count). The highest BCUT2D eigenvalue weighted by Crippen LogP contribution is 2.23. The van der Waals surface area contributed by atoms with Crippen LogP contribution in [0.5, 0.6) is 0 Å². The Kier molecular flexibility index (Phi) is 4.62. The van der Waals surface area contributed by atoms with Gasteiger partial charge in [0, 0.05) is 10.6 Å². The van der Waals surface area contributed by atoms with Crippen molar-refractivity contribution in [3.63, 3.8) is 0 Å². The van der Waals surface area contributed by atoms with Crippen LogP contribution >= 0.6 is 11.6 Å². The summed E-state index contributed by atoms with van der Waals surface area (Å²) in [7, 11) is 0. The Balaban J connectivity index is 1.78. The van der Waals surface area contributed by atoms with Gasteiger partial charge in [-0.1, -0.05) is 41.4 Å². The van der Waals surface area contributed by atoms with Gasteiger partial charge in [0.1, 0.15) is 0 Å². The van der Waals surface area contributed by atoms with E-state index in [0.29, 0.717) is 10.6 Å². The summed E-state index contributed by atoms with van der Waals surface area (Å²) in [5.41, 5.74) is 2.52. The number of carbonyl (C=O) groups is 2. The molecule has 0 aromatic heterocycles. The minimum absolute atomic E-state index is 0.164. The molecule has 2 aromatic rings. The largest absolute Gasteiger partial charge is 0.296 e. The molecule has 0 unspecified atom stereocenters. The summed E-state index contributed by atoms with van der Waals surface area (Å²) in [6.07, 6.45) is 0.253. The van der Waals surface area contributed by atoms with Crippen LogP contribution < -0.4 is 10.6 Å². The first kappa shape index (κ1) is 16.2. The molecule has 1 aliphatic heterocycles. The first-order valence-corrected chi connectivity index (χ1v) is 7.90. The number of benzene rings is 2. The number of hydrogen-bond acceptors (Lipinski definition) is 3. The molecule has 0 saturated carbocycles. The summed E-state index contributed by atoms with van der Waals surface area (Å²) >= 11 is 5.81. The van der Waals surface area contributed by atoms with Gasteiger partial charge in [0.15, 0.2) is 0 Å². The summed E-state index contributed by atoms with van der Waals surface area (Å²) in [6.45, 7) is 2.00. The summed E-state index contributed by atoms with van der Waals surface area (Å²) in [4.78, 5) is 28.6. The number of nitrogens with one attached hydrogen (secondary N) is 2. The fourth-order valence-corrected chi connectivity index (χ4v) is 2.54. The molecular formula is C18H16ClN3O2. The average Bonchev–Trinajstić information content (AvgIpc) is 2.55. The fraction of sp³-hybridized carbons (Fsp3) is 0.167. The molecule has 0 saturated heterocycles. The van der Waals surface area contributed by atoms with Crippen LogP contribution in [0.4, 0.5) is 0 Å². The van der Waals surface area contributed by atoms with Crippen LogP contribution in [0.3, 0.4) is 0 Å². The number of nitrogens with zero attached hydrogens (tertiary/aromatic N) is 1. The number of hydrogen-bond donors (Lipinski definition) is 2. The van der Waals surface area contributed by atoms with Gasteiger partial charge in [0.2, 0.25) is 11.9 Å². The van der Waals surface area contributed by atoms with Gasteiger partial charge in [-0.2, -0.15) is 0 Å². The minimum atomic E-state index is -0.352. The second-order valence-electron chi connectivity index (χ2n) is 5.62. The van der Waals surface area contributed by atoms with E-state index in [1.807, 2.05) is 31.2 Å². The van der Waals surface area contributed by atoms with Crippen LogP contribution in [0.25, 0.3) is 0 Å². The van der Waals surface area contributed by atoms with E-state index in [-0.39, 0.29) is 30.2 Å². The van der Waals surface area contributed by atoms with Crippen molar-refractivity contribution in [1.29, 1.82) is 0 Å². The highest BCUT2D eigenvalue weighted by molar-refractivity contribution is 6.30. The zero-order valence-corrected chi connectivity index (χ0v) is 13.8. The van der Waals surface area contributed by atoms with Crippen molar-refractivity contribution in [2.24, 2.45) is 4.99 Å². The summed E-state index contributed by atoms with van der Waals surface area (Å²) in [6, 6.07) is 14.0. The van der Waals surface area contributed by atoms with Crippen LogP contribution in [-0.4, -0.2) is 17.8 Å². The number of halogens is 1. The SMILES string of the molecule is Cc1ccc([C@@H]2CC(=O)NC(NC(=O)c3ccc(Cl)cc3)=N2)cc1. The number of guanidine groups is 1. The van der Waals surface area contributed by atoms with Gasteiger partial charge in [0.25, 0.3) is 5.91 Å². The molecule has 6 heteroatoms. The van der Waals surface area contributed by atoms with Crippen LogP contribution in [0, 0.1) is 6.92 Å². The van der Waals surface area contributed by atoms with Crippen molar-refractivity contribution in [2.75, 3.05) is 0 Å². The third kappa shape index (κ3) is 3.81. The Morgan fingerprint density at radius 3 is 2.50 bits per heavy atom.